The molecule has 1 saturated heterocycles. The van der Waals surface area contributed by atoms with Crippen LogP contribution in [0.3, 0.4) is 0 Å². The summed E-state index contributed by atoms with van der Waals surface area (Å²) in [4.78, 5) is 12.9. The summed E-state index contributed by atoms with van der Waals surface area (Å²) in [5, 5.41) is 0. The minimum absolute atomic E-state index is 0.116. The van der Waals surface area contributed by atoms with E-state index in [0.29, 0.717) is 12.1 Å². The van der Waals surface area contributed by atoms with E-state index in [2.05, 4.69) is 0 Å². The van der Waals surface area contributed by atoms with E-state index in [4.69, 9.17) is 0 Å². The minimum Gasteiger partial charge on any atom is -0.302 e. The molecule has 0 saturated carbocycles. The molecule has 1 heterocycles. The van der Waals surface area contributed by atoms with E-state index in [1.807, 2.05) is 4.90 Å². The number of halogens is 2. The number of carbonyl (C=O) groups is 1. The zero-order chi connectivity index (χ0) is 12.3. The van der Waals surface area contributed by atoms with Crippen molar-refractivity contribution in [2.24, 2.45) is 0 Å². The summed E-state index contributed by atoms with van der Waals surface area (Å²) >= 11 is 0. The van der Waals surface area contributed by atoms with E-state index in [9.17, 15) is 13.6 Å². The molecule has 2 rings (SSSR count). The maximum Gasteiger partial charge on any atom is 0.137 e. The molecule has 92 valence electrons. The maximum atomic E-state index is 13.0. The molecule has 1 unspecified atom stereocenters. The standard InChI is InChI=1S/C13H15F2NO/c14-11-5-10(6-12(15)7-11)8-16-4-2-1-3-13(16)9-17/h5-7,9,13H,1-4,8H2. The van der Waals surface area contributed by atoms with E-state index in [1.165, 1.54) is 12.1 Å². The van der Waals surface area contributed by atoms with Gasteiger partial charge in [-0.3, -0.25) is 4.90 Å². The van der Waals surface area contributed by atoms with Gasteiger partial charge in [-0.2, -0.15) is 0 Å². The highest BCUT2D eigenvalue weighted by molar-refractivity contribution is 5.57. The largest absolute Gasteiger partial charge is 0.302 e. The Labute approximate surface area is 99.2 Å². The number of benzene rings is 1. The van der Waals surface area contributed by atoms with Crippen LogP contribution in [0.4, 0.5) is 8.78 Å². The van der Waals surface area contributed by atoms with Gasteiger partial charge in [-0.25, -0.2) is 8.78 Å². The van der Waals surface area contributed by atoms with Crippen molar-refractivity contribution in [1.82, 2.24) is 4.90 Å². The lowest BCUT2D eigenvalue weighted by molar-refractivity contribution is -0.113. The van der Waals surface area contributed by atoms with Crippen LogP contribution in [0, 0.1) is 11.6 Å². The first-order valence-electron chi connectivity index (χ1n) is 5.83. The average molecular weight is 239 g/mol. The van der Waals surface area contributed by atoms with Crippen LogP contribution in [-0.4, -0.2) is 23.8 Å². The Kier molecular flexibility index (Phi) is 3.84. The second kappa shape index (κ2) is 5.36. The number of likely N-dealkylation sites (tertiary alicyclic amines) is 1. The van der Waals surface area contributed by atoms with Crippen molar-refractivity contribution in [3.8, 4) is 0 Å². The smallest absolute Gasteiger partial charge is 0.137 e. The number of hydrogen-bond donors (Lipinski definition) is 0. The van der Waals surface area contributed by atoms with Crippen LogP contribution in [0.2, 0.25) is 0 Å². The Hall–Kier alpha value is -1.29. The SMILES string of the molecule is O=CC1CCCCN1Cc1cc(F)cc(F)c1. The topological polar surface area (TPSA) is 20.3 Å². The number of nitrogens with zero attached hydrogens (tertiary/aromatic N) is 1. The normalized spacial score (nSPS) is 21.4. The summed E-state index contributed by atoms with van der Waals surface area (Å²) in [7, 11) is 0. The molecular formula is C13H15F2NO. The minimum atomic E-state index is -0.570. The van der Waals surface area contributed by atoms with Gasteiger partial charge in [0.2, 0.25) is 0 Å². The van der Waals surface area contributed by atoms with Crippen LogP contribution >= 0.6 is 0 Å². The van der Waals surface area contributed by atoms with Crippen LogP contribution in [0.15, 0.2) is 18.2 Å². The molecule has 17 heavy (non-hydrogen) atoms. The first-order valence-corrected chi connectivity index (χ1v) is 5.83. The van der Waals surface area contributed by atoms with Gasteiger partial charge in [0, 0.05) is 12.6 Å². The predicted molar refractivity (Wildman–Crippen MR) is 60.5 cm³/mol. The summed E-state index contributed by atoms with van der Waals surface area (Å²) in [6.45, 7) is 1.24. The fourth-order valence-corrected chi connectivity index (χ4v) is 2.30. The molecule has 0 spiro atoms. The van der Waals surface area contributed by atoms with E-state index < -0.39 is 11.6 Å². The van der Waals surface area contributed by atoms with Gasteiger partial charge < -0.3 is 4.79 Å². The molecule has 0 aromatic heterocycles. The highest BCUT2D eigenvalue weighted by Gasteiger charge is 2.21. The summed E-state index contributed by atoms with van der Waals surface area (Å²) in [5.74, 6) is -1.14. The van der Waals surface area contributed by atoms with Crippen LogP contribution in [-0.2, 0) is 11.3 Å². The predicted octanol–water partition coefficient (Wildman–Crippen LogP) is 2.52. The third-order valence-electron chi connectivity index (χ3n) is 3.13. The van der Waals surface area contributed by atoms with Gasteiger partial charge in [-0.1, -0.05) is 6.42 Å². The zero-order valence-corrected chi connectivity index (χ0v) is 9.53. The van der Waals surface area contributed by atoms with Crippen molar-refractivity contribution in [3.63, 3.8) is 0 Å². The average Bonchev–Trinajstić information content (AvgIpc) is 2.28. The highest BCUT2D eigenvalue weighted by Crippen LogP contribution is 2.19. The first kappa shape index (κ1) is 12.2. The summed E-state index contributed by atoms with van der Waals surface area (Å²) in [6.07, 6.45) is 3.83. The number of piperidine rings is 1. The van der Waals surface area contributed by atoms with Crippen LogP contribution in [0.25, 0.3) is 0 Å². The number of rotatable bonds is 3. The van der Waals surface area contributed by atoms with E-state index in [0.717, 1.165) is 38.2 Å². The van der Waals surface area contributed by atoms with Gasteiger partial charge in [0.05, 0.1) is 6.04 Å². The molecule has 0 bridgehead atoms. The number of hydrogen-bond acceptors (Lipinski definition) is 2. The fourth-order valence-electron chi connectivity index (χ4n) is 2.30. The molecule has 4 heteroatoms. The maximum absolute atomic E-state index is 13.0. The molecule has 0 radical (unpaired) electrons. The molecule has 1 aliphatic heterocycles. The van der Waals surface area contributed by atoms with Crippen LogP contribution < -0.4 is 0 Å². The molecule has 1 fully saturated rings. The molecule has 1 atom stereocenters. The highest BCUT2D eigenvalue weighted by atomic mass is 19.1. The van der Waals surface area contributed by atoms with E-state index >= 15 is 0 Å². The van der Waals surface area contributed by atoms with Gasteiger partial charge in [0.1, 0.15) is 17.9 Å². The molecule has 1 aromatic carbocycles. The number of aldehydes is 1. The second-order valence-electron chi connectivity index (χ2n) is 4.45. The van der Waals surface area contributed by atoms with Crippen molar-refractivity contribution in [3.05, 3.63) is 35.4 Å². The van der Waals surface area contributed by atoms with Crippen molar-refractivity contribution in [2.45, 2.75) is 31.8 Å². The Morgan fingerprint density at radius 3 is 2.59 bits per heavy atom. The van der Waals surface area contributed by atoms with E-state index in [1.54, 1.807) is 0 Å². The van der Waals surface area contributed by atoms with Crippen molar-refractivity contribution in [1.29, 1.82) is 0 Å². The third-order valence-corrected chi connectivity index (χ3v) is 3.13. The van der Waals surface area contributed by atoms with Gasteiger partial charge in [-0.15, -0.1) is 0 Å². The first-order chi connectivity index (χ1) is 8.19. The number of carbonyl (C=O) groups excluding carboxylic acids is 1. The van der Waals surface area contributed by atoms with E-state index in [-0.39, 0.29) is 6.04 Å². The van der Waals surface area contributed by atoms with Gasteiger partial charge in [0.25, 0.3) is 0 Å². The van der Waals surface area contributed by atoms with Crippen LogP contribution in [0.1, 0.15) is 24.8 Å². The second-order valence-corrected chi connectivity index (χ2v) is 4.45. The summed E-state index contributed by atoms with van der Waals surface area (Å²) < 4.78 is 26.1. The Bertz CT molecular complexity index is 388. The Balaban J connectivity index is 2.10. The third kappa shape index (κ3) is 3.09. The zero-order valence-electron chi connectivity index (χ0n) is 9.53. The monoisotopic (exact) mass is 239 g/mol. The molecule has 0 aliphatic carbocycles. The quantitative estimate of drug-likeness (QED) is 0.755. The Morgan fingerprint density at radius 2 is 1.94 bits per heavy atom. The van der Waals surface area contributed by atoms with Crippen molar-refractivity contribution >= 4 is 6.29 Å². The van der Waals surface area contributed by atoms with Gasteiger partial charge in [-0.05, 0) is 37.1 Å². The lowest BCUT2D eigenvalue weighted by Crippen LogP contribution is -2.39. The molecule has 0 amide bonds. The Morgan fingerprint density at radius 1 is 1.24 bits per heavy atom. The molecule has 1 aromatic rings. The lowest BCUT2D eigenvalue weighted by atomic mass is 10.0. The summed E-state index contributed by atoms with van der Waals surface area (Å²) in [6, 6.07) is 3.38. The van der Waals surface area contributed by atoms with Gasteiger partial charge >= 0.3 is 0 Å². The van der Waals surface area contributed by atoms with Crippen molar-refractivity contribution in [2.75, 3.05) is 6.54 Å². The molecular weight excluding hydrogens is 224 g/mol. The van der Waals surface area contributed by atoms with Gasteiger partial charge in [0.15, 0.2) is 0 Å². The molecule has 0 N–H and O–H groups in total. The van der Waals surface area contributed by atoms with Crippen molar-refractivity contribution < 1.29 is 13.6 Å². The van der Waals surface area contributed by atoms with Crippen LogP contribution in [0.5, 0.6) is 0 Å². The molecule has 1 aliphatic rings. The lowest BCUT2D eigenvalue weighted by Gasteiger charge is -2.32. The molecule has 2 nitrogen and oxygen atoms in total. The summed E-state index contributed by atoms with van der Waals surface area (Å²) in [5.41, 5.74) is 0.580. The fraction of sp³-hybridized carbons (Fsp3) is 0.462.